The number of benzene rings is 1. The summed E-state index contributed by atoms with van der Waals surface area (Å²) in [6, 6.07) is 7.10. The lowest BCUT2D eigenvalue weighted by Crippen LogP contribution is -2.22. The van der Waals surface area contributed by atoms with Crippen LogP contribution in [0.2, 0.25) is 5.02 Å². The first-order chi connectivity index (χ1) is 9.66. The largest absolute Gasteiger partial charge is 0.313 e. The van der Waals surface area contributed by atoms with Crippen LogP contribution in [0.1, 0.15) is 33.8 Å². The van der Waals surface area contributed by atoms with Crippen molar-refractivity contribution in [1.29, 1.82) is 5.41 Å². The lowest BCUT2D eigenvalue weighted by molar-refractivity contribution is 0.0970. The second-order valence-corrected chi connectivity index (χ2v) is 6.46. The number of fused-ring (bicyclic) bond motifs is 1. The summed E-state index contributed by atoms with van der Waals surface area (Å²) in [5, 5.41) is 8.55. The zero-order valence-corrected chi connectivity index (χ0v) is 14.7. The minimum Gasteiger partial charge on any atom is -0.313 e. The van der Waals surface area contributed by atoms with Gasteiger partial charge in [0.1, 0.15) is 0 Å². The van der Waals surface area contributed by atoms with Crippen molar-refractivity contribution in [3.63, 3.8) is 0 Å². The quantitative estimate of drug-likeness (QED) is 0.794. The molecule has 0 bridgehead atoms. The topological polar surface area (TPSA) is 45.9 Å². The van der Waals surface area contributed by atoms with Gasteiger partial charge in [-0.2, -0.15) is 0 Å². The molecule has 6 heteroatoms. The van der Waals surface area contributed by atoms with E-state index >= 15 is 0 Å². The van der Waals surface area contributed by atoms with Crippen LogP contribution in [0.25, 0.3) is 0 Å². The molecule has 0 radical (unpaired) electrons. The number of carbonyl (C=O) groups excluding carboxylic acids is 1. The fourth-order valence-electron chi connectivity index (χ4n) is 2.63. The van der Waals surface area contributed by atoms with Gasteiger partial charge in [-0.05, 0) is 37.8 Å². The highest BCUT2D eigenvalue weighted by molar-refractivity contribution is 8.93. The van der Waals surface area contributed by atoms with Gasteiger partial charge < -0.3 is 4.57 Å². The number of aromatic nitrogens is 1. The number of hydrogen-bond donors (Lipinski definition) is 1. The van der Waals surface area contributed by atoms with Crippen LogP contribution in [0.5, 0.6) is 0 Å². The molecule has 1 N–H and O–H groups in total. The molecule has 0 unspecified atom stereocenters. The molecule has 0 amide bonds. The van der Waals surface area contributed by atoms with Crippen molar-refractivity contribution in [3.8, 4) is 0 Å². The Kier molecular flexibility index (Phi) is 5.41. The van der Waals surface area contributed by atoms with Crippen molar-refractivity contribution in [2.45, 2.75) is 32.2 Å². The van der Waals surface area contributed by atoms with Gasteiger partial charge in [0.15, 0.2) is 10.6 Å². The smallest absolute Gasteiger partial charge is 0.184 e. The molecule has 112 valence electrons. The fourth-order valence-corrected chi connectivity index (χ4v) is 3.97. The molecule has 3 rings (SSSR count). The molecule has 0 fully saturated rings. The zero-order valence-electron chi connectivity index (χ0n) is 11.4. The van der Waals surface area contributed by atoms with E-state index in [0.717, 1.165) is 19.3 Å². The van der Waals surface area contributed by atoms with Gasteiger partial charge in [-0.1, -0.05) is 23.7 Å². The van der Waals surface area contributed by atoms with Crippen LogP contribution in [0, 0.1) is 5.41 Å². The molecular formula is C15H16BrClN2OS. The summed E-state index contributed by atoms with van der Waals surface area (Å²) in [4.78, 5) is 14.1. The first-order valence-corrected chi connectivity index (χ1v) is 7.90. The van der Waals surface area contributed by atoms with Gasteiger partial charge >= 0.3 is 0 Å². The van der Waals surface area contributed by atoms with E-state index in [1.165, 1.54) is 28.3 Å². The summed E-state index contributed by atoms with van der Waals surface area (Å²) >= 11 is 7.57. The van der Waals surface area contributed by atoms with Crippen LogP contribution in [0.4, 0.5) is 0 Å². The van der Waals surface area contributed by atoms with E-state index in [9.17, 15) is 4.79 Å². The van der Waals surface area contributed by atoms with Crippen molar-refractivity contribution in [3.05, 3.63) is 50.2 Å². The molecular weight excluding hydrogens is 372 g/mol. The monoisotopic (exact) mass is 386 g/mol. The molecule has 1 aliphatic rings. The number of rotatable bonds is 3. The maximum Gasteiger partial charge on any atom is 0.184 e. The standard InChI is InChI=1S/C15H15ClN2OS.BrH/c16-11-6-2-1-5-10(11)13(19)9-18-12-7-3-4-8-14(12)20-15(18)17;/h1-2,5-6,17H,3-4,7-9H2;1H. The highest BCUT2D eigenvalue weighted by Gasteiger charge is 2.19. The van der Waals surface area contributed by atoms with Crippen LogP contribution in [-0.2, 0) is 19.4 Å². The summed E-state index contributed by atoms with van der Waals surface area (Å²) in [5.74, 6) is -0.0275. The summed E-state index contributed by atoms with van der Waals surface area (Å²) in [5.41, 5.74) is 1.71. The lowest BCUT2D eigenvalue weighted by atomic mass is 10.0. The molecule has 1 aliphatic carbocycles. The average Bonchev–Trinajstić information content (AvgIpc) is 2.76. The van der Waals surface area contributed by atoms with Gasteiger partial charge in [-0.25, -0.2) is 0 Å². The van der Waals surface area contributed by atoms with E-state index in [1.807, 2.05) is 16.7 Å². The van der Waals surface area contributed by atoms with E-state index in [-0.39, 0.29) is 29.3 Å². The maximum absolute atomic E-state index is 12.4. The van der Waals surface area contributed by atoms with Gasteiger partial charge in [-0.15, -0.1) is 28.3 Å². The first-order valence-electron chi connectivity index (χ1n) is 6.70. The maximum atomic E-state index is 12.4. The van der Waals surface area contributed by atoms with Crippen LogP contribution >= 0.6 is 39.9 Å². The van der Waals surface area contributed by atoms with Crippen molar-refractivity contribution in [2.24, 2.45) is 0 Å². The Balaban J connectivity index is 0.00000161. The van der Waals surface area contributed by atoms with Crippen LogP contribution in [0.3, 0.4) is 0 Å². The Morgan fingerprint density at radius 1 is 1.29 bits per heavy atom. The van der Waals surface area contributed by atoms with E-state index in [1.54, 1.807) is 12.1 Å². The van der Waals surface area contributed by atoms with E-state index < -0.39 is 0 Å². The van der Waals surface area contributed by atoms with Gasteiger partial charge in [0.05, 0.1) is 11.6 Å². The van der Waals surface area contributed by atoms with E-state index in [0.29, 0.717) is 15.4 Å². The number of nitrogens with one attached hydrogen (secondary N) is 1. The molecule has 0 spiro atoms. The minimum atomic E-state index is -0.0275. The molecule has 1 aromatic carbocycles. The SMILES string of the molecule is Br.N=c1sc2c(n1CC(=O)c1ccccc1Cl)CCCC2. The molecule has 0 aliphatic heterocycles. The Morgan fingerprint density at radius 2 is 2.00 bits per heavy atom. The number of ketones is 1. The van der Waals surface area contributed by atoms with Crippen molar-refractivity contribution < 1.29 is 4.79 Å². The molecule has 3 nitrogen and oxygen atoms in total. The van der Waals surface area contributed by atoms with Crippen LogP contribution in [-0.4, -0.2) is 10.4 Å². The zero-order chi connectivity index (χ0) is 14.1. The van der Waals surface area contributed by atoms with E-state index in [4.69, 9.17) is 17.0 Å². The first kappa shape index (κ1) is 16.5. The highest BCUT2D eigenvalue weighted by Crippen LogP contribution is 2.24. The van der Waals surface area contributed by atoms with Crippen LogP contribution in [0.15, 0.2) is 24.3 Å². The van der Waals surface area contributed by atoms with Gasteiger partial charge in [0.25, 0.3) is 0 Å². The van der Waals surface area contributed by atoms with Crippen molar-refractivity contribution in [2.75, 3.05) is 0 Å². The summed E-state index contributed by atoms with van der Waals surface area (Å²) < 4.78 is 1.85. The Labute approximate surface area is 142 Å². The molecule has 0 atom stereocenters. The van der Waals surface area contributed by atoms with Crippen molar-refractivity contribution in [1.82, 2.24) is 4.57 Å². The Morgan fingerprint density at radius 3 is 2.76 bits per heavy atom. The predicted molar refractivity (Wildman–Crippen MR) is 90.9 cm³/mol. The molecule has 1 heterocycles. The number of Topliss-reactive ketones (excluding diaryl/α,β-unsaturated/α-hetero) is 1. The third-order valence-corrected chi connectivity index (χ3v) is 5.09. The third-order valence-electron chi connectivity index (χ3n) is 3.66. The molecule has 0 saturated carbocycles. The van der Waals surface area contributed by atoms with E-state index in [2.05, 4.69) is 0 Å². The lowest BCUT2D eigenvalue weighted by Gasteiger charge is -2.14. The number of hydrogen-bond acceptors (Lipinski definition) is 3. The minimum absolute atomic E-state index is 0. The number of nitrogens with zero attached hydrogens (tertiary/aromatic N) is 1. The average molecular weight is 388 g/mol. The number of aryl methyl sites for hydroxylation is 1. The number of carbonyl (C=O) groups is 1. The van der Waals surface area contributed by atoms with Crippen LogP contribution < -0.4 is 4.80 Å². The molecule has 2 aromatic rings. The summed E-state index contributed by atoms with van der Waals surface area (Å²) in [6.07, 6.45) is 4.34. The second-order valence-electron chi connectivity index (χ2n) is 4.97. The number of thiazole rings is 1. The third kappa shape index (κ3) is 3.30. The molecule has 0 saturated heterocycles. The Hall–Kier alpha value is -0.910. The number of halogens is 2. The van der Waals surface area contributed by atoms with Gasteiger partial charge in [0.2, 0.25) is 0 Å². The summed E-state index contributed by atoms with van der Waals surface area (Å²) in [6.45, 7) is 0.217. The molecule has 21 heavy (non-hydrogen) atoms. The van der Waals surface area contributed by atoms with Crippen molar-refractivity contribution >= 4 is 45.7 Å². The summed E-state index contributed by atoms with van der Waals surface area (Å²) in [7, 11) is 0. The predicted octanol–water partition coefficient (Wildman–Crippen LogP) is 4.02. The highest BCUT2D eigenvalue weighted by atomic mass is 79.9. The fraction of sp³-hybridized carbons (Fsp3) is 0.333. The van der Waals surface area contributed by atoms with Gasteiger partial charge in [-0.3, -0.25) is 10.2 Å². The normalized spacial score (nSPS) is 13.4. The Bertz CT molecular complexity index is 723. The van der Waals surface area contributed by atoms with Gasteiger partial charge in [0, 0.05) is 16.1 Å². The second kappa shape index (κ2) is 6.90. The molecule has 1 aromatic heterocycles.